The van der Waals surface area contributed by atoms with Crippen molar-refractivity contribution in [3.05, 3.63) is 0 Å². The highest BCUT2D eigenvalue weighted by Gasteiger charge is 2.26. The van der Waals surface area contributed by atoms with Crippen molar-refractivity contribution in [1.29, 1.82) is 0 Å². The van der Waals surface area contributed by atoms with Crippen LogP contribution < -0.4 is 0 Å². The van der Waals surface area contributed by atoms with E-state index in [1.807, 2.05) is 13.8 Å². The van der Waals surface area contributed by atoms with Crippen molar-refractivity contribution in [2.75, 3.05) is 19.8 Å². The van der Waals surface area contributed by atoms with Gasteiger partial charge in [0.25, 0.3) is 11.8 Å². The first-order chi connectivity index (χ1) is 5.61. The van der Waals surface area contributed by atoms with Gasteiger partial charge >= 0.3 is 0 Å². The Labute approximate surface area is 71.5 Å². The van der Waals surface area contributed by atoms with Gasteiger partial charge in [-0.05, 0) is 5.92 Å². The molecule has 0 N–H and O–H groups in total. The molecule has 1 aliphatic heterocycles. The molecule has 1 saturated heterocycles. The van der Waals surface area contributed by atoms with E-state index in [-0.39, 0.29) is 25.0 Å². The summed E-state index contributed by atoms with van der Waals surface area (Å²) >= 11 is 0. The summed E-state index contributed by atoms with van der Waals surface area (Å²) in [6, 6.07) is 0. The fourth-order valence-electron chi connectivity index (χ4n) is 1.09. The summed E-state index contributed by atoms with van der Waals surface area (Å²) < 4.78 is 4.77. The van der Waals surface area contributed by atoms with Gasteiger partial charge in [0.15, 0.2) is 0 Å². The molecule has 0 aromatic heterocycles. The van der Waals surface area contributed by atoms with Gasteiger partial charge in [0.1, 0.15) is 13.2 Å². The maximum absolute atomic E-state index is 11.1. The lowest BCUT2D eigenvalue weighted by molar-refractivity contribution is -0.159. The van der Waals surface area contributed by atoms with Crippen LogP contribution in [0.3, 0.4) is 0 Å². The van der Waals surface area contributed by atoms with Gasteiger partial charge in [-0.3, -0.25) is 14.5 Å². The van der Waals surface area contributed by atoms with Crippen LogP contribution in [0.2, 0.25) is 0 Å². The lowest BCUT2D eigenvalue weighted by Crippen LogP contribution is -2.47. The Morgan fingerprint density at radius 3 is 2.25 bits per heavy atom. The molecule has 0 aromatic rings. The van der Waals surface area contributed by atoms with Crippen LogP contribution in [0, 0.1) is 5.92 Å². The van der Waals surface area contributed by atoms with Crippen LogP contribution in [0.5, 0.6) is 0 Å². The van der Waals surface area contributed by atoms with Crippen molar-refractivity contribution < 1.29 is 14.3 Å². The van der Waals surface area contributed by atoms with Crippen molar-refractivity contribution in [3.8, 4) is 0 Å². The van der Waals surface area contributed by atoms with Crippen molar-refractivity contribution in [1.82, 2.24) is 4.90 Å². The third kappa shape index (κ3) is 2.04. The van der Waals surface area contributed by atoms with E-state index in [0.29, 0.717) is 12.5 Å². The topological polar surface area (TPSA) is 46.6 Å². The molecule has 1 fully saturated rings. The Bertz CT molecular complexity index is 184. The van der Waals surface area contributed by atoms with E-state index < -0.39 is 0 Å². The van der Waals surface area contributed by atoms with Crippen LogP contribution in [-0.2, 0) is 14.3 Å². The lowest BCUT2D eigenvalue weighted by Gasteiger charge is -2.26. The molecule has 1 heterocycles. The zero-order chi connectivity index (χ0) is 9.14. The zero-order valence-electron chi connectivity index (χ0n) is 7.37. The number of hydrogen-bond donors (Lipinski definition) is 0. The lowest BCUT2D eigenvalue weighted by atomic mass is 10.2. The van der Waals surface area contributed by atoms with Crippen molar-refractivity contribution in [2.24, 2.45) is 5.92 Å². The molecule has 0 aromatic carbocycles. The summed E-state index contributed by atoms with van der Waals surface area (Å²) in [4.78, 5) is 23.5. The van der Waals surface area contributed by atoms with Gasteiger partial charge in [0.2, 0.25) is 0 Å². The summed E-state index contributed by atoms with van der Waals surface area (Å²) in [5, 5.41) is 0. The van der Waals surface area contributed by atoms with Crippen LogP contribution in [0.4, 0.5) is 0 Å². The number of rotatable bonds is 2. The van der Waals surface area contributed by atoms with Gasteiger partial charge in [-0.15, -0.1) is 0 Å². The Morgan fingerprint density at radius 2 is 1.83 bits per heavy atom. The number of carbonyl (C=O) groups excluding carboxylic acids is 2. The molecule has 0 unspecified atom stereocenters. The summed E-state index contributed by atoms with van der Waals surface area (Å²) in [6.45, 7) is 4.52. The summed E-state index contributed by atoms with van der Waals surface area (Å²) in [6.07, 6.45) is 0. The molecule has 0 radical (unpaired) electrons. The zero-order valence-corrected chi connectivity index (χ0v) is 7.37. The second-order valence-corrected chi connectivity index (χ2v) is 3.28. The third-order valence-corrected chi connectivity index (χ3v) is 1.60. The molecule has 68 valence electrons. The second-order valence-electron chi connectivity index (χ2n) is 3.28. The van der Waals surface area contributed by atoms with E-state index in [1.165, 1.54) is 4.90 Å². The number of imide groups is 1. The molecule has 12 heavy (non-hydrogen) atoms. The highest BCUT2D eigenvalue weighted by atomic mass is 16.5. The number of nitrogens with zero attached hydrogens (tertiary/aromatic N) is 1. The molecule has 0 spiro atoms. The van der Waals surface area contributed by atoms with Crippen molar-refractivity contribution in [3.63, 3.8) is 0 Å². The number of amides is 2. The molecule has 2 amide bonds. The standard InChI is InChI=1S/C8H13NO3/c1-6(2)3-9-7(10)4-12-5-8(9)11/h6H,3-5H2,1-2H3. The van der Waals surface area contributed by atoms with E-state index >= 15 is 0 Å². The summed E-state index contributed by atoms with van der Waals surface area (Å²) in [5.74, 6) is -0.129. The molecule has 0 aliphatic carbocycles. The predicted molar refractivity (Wildman–Crippen MR) is 42.4 cm³/mol. The monoisotopic (exact) mass is 171 g/mol. The maximum atomic E-state index is 11.1. The quantitative estimate of drug-likeness (QED) is 0.550. The number of hydrogen-bond acceptors (Lipinski definition) is 3. The molecular weight excluding hydrogens is 158 g/mol. The van der Waals surface area contributed by atoms with Crippen LogP contribution in [-0.4, -0.2) is 36.5 Å². The first-order valence-electron chi connectivity index (χ1n) is 4.02. The Hall–Kier alpha value is -0.900. The van der Waals surface area contributed by atoms with E-state index in [1.54, 1.807) is 0 Å². The van der Waals surface area contributed by atoms with Gasteiger partial charge in [0.05, 0.1) is 0 Å². The van der Waals surface area contributed by atoms with Crippen LogP contribution in [0.15, 0.2) is 0 Å². The predicted octanol–water partition coefficient (Wildman–Crippen LogP) is 0.0278. The number of morpholine rings is 1. The van der Waals surface area contributed by atoms with Crippen LogP contribution in [0.25, 0.3) is 0 Å². The maximum Gasteiger partial charge on any atom is 0.255 e. The normalized spacial score (nSPS) is 19.1. The highest BCUT2D eigenvalue weighted by Crippen LogP contribution is 2.04. The molecule has 0 saturated carbocycles. The Balaban J connectivity index is 2.57. The SMILES string of the molecule is CC(C)CN1C(=O)COCC1=O. The molecule has 1 aliphatic rings. The van der Waals surface area contributed by atoms with E-state index in [4.69, 9.17) is 4.74 Å². The molecule has 0 atom stereocenters. The summed E-state index contributed by atoms with van der Waals surface area (Å²) in [5.41, 5.74) is 0. The highest BCUT2D eigenvalue weighted by molar-refractivity contribution is 5.98. The van der Waals surface area contributed by atoms with Gasteiger partial charge in [0, 0.05) is 6.54 Å². The minimum absolute atomic E-state index is 0.0401. The van der Waals surface area contributed by atoms with Gasteiger partial charge in [-0.1, -0.05) is 13.8 Å². The molecule has 1 rings (SSSR count). The second kappa shape index (κ2) is 3.67. The fourth-order valence-corrected chi connectivity index (χ4v) is 1.09. The molecule has 0 bridgehead atoms. The molecule has 4 nitrogen and oxygen atoms in total. The van der Waals surface area contributed by atoms with Crippen molar-refractivity contribution >= 4 is 11.8 Å². The average molecular weight is 171 g/mol. The van der Waals surface area contributed by atoms with Crippen LogP contribution >= 0.6 is 0 Å². The van der Waals surface area contributed by atoms with Crippen LogP contribution in [0.1, 0.15) is 13.8 Å². The van der Waals surface area contributed by atoms with E-state index in [0.717, 1.165) is 0 Å². The van der Waals surface area contributed by atoms with Gasteiger partial charge < -0.3 is 4.74 Å². The third-order valence-electron chi connectivity index (χ3n) is 1.60. The minimum Gasteiger partial charge on any atom is -0.362 e. The molecule has 4 heteroatoms. The summed E-state index contributed by atoms with van der Waals surface area (Å²) in [7, 11) is 0. The average Bonchev–Trinajstić information content (AvgIpc) is 1.97. The van der Waals surface area contributed by atoms with Gasteiger partial charge in [-0.2, -0.15) is 0 Å². The first-order valence-corrected chi connectivity index (χ1v) is 4.02. The number of carbonyl (C=O) groups is 2. The number of ether oxygens (including phenoxy) is 1. The van der Waals surface area contributed by atoms with E-state index in [9.17, 15) is 9.59 Å². The Morgan fingerprint density at radius 1 is 1.33 bits per heavy atom. The van der Waals surface area contributed by atoms with Gasteiger partial charge in [-0.25, -0.2) is 0 Å². The minimum atomic E-state index is -0.222. The largest absolute Gasteiger partial charge is 0.362 e. The smallest absolute Gasteiger partial charge is 0.255 e. The fraction of sp³-hybridized carbons (Fsp3) is 0.750. The van der Waals surface area contributed by atoms with Crippen molar-refractivity contribution in [2.45, 2.75) is 13.8 Å². The van der Waals surface area contributed by atoms with E-state index in [2.05, 4.69) is 0 Å². The first kappa shape index (κ1) is 9.19. The molecular formula is C8H13NO3. The Kier molecular flexibility index (Phi) is 2.81.